The van der Waals surface area contributed by atoms with Crippen molar-refractivity contribution in [1.29, 1.82) is 0 Å². The maximum atomic E-state index is 13.5. The van der Waals surface area contributed by atoms with Crippen molar-refractivity contribution in [3.8, 4) is 0 Å². The van der Waals surface area contributed by atoms with Crippen LogP contribution in [0.5, 0.6) is 0 Å². The molecule has 176 valence electrons. The lowest BCUT2D eigenvalue weighted by atomic mass is 9.94. The van der Waals surface area contributed by atoms with Gasteiger partial charge in [0, 0.05) is 30.1 Å². The van der Waals surface area contributed by atoms with Crippen LogP contribution in [0.1, 0.15) is 53.2 Å². The number of carbonyl (C=O) groups excluding carboxylic acids is 4. The molecule has 5 rings (SSSR count). The summed E-state index contributed by atoms with van der Waals surface area (Å²) in [4.78, 5) is 53.9. The normalized spacial score (nSPS) is 22.0. The highest BCUT2D eigenvalue weighted by Crippen LogP contribution is 2.45. The van der Waals surface area contributed by atoms with E-state index in [1.165, 1.54) is 6.07 Å². The van der Waals surface area contributed by atoms with Gasteiger partial charge in [-0.2, -0.15) is 0 Å². The molecular formula is C26H27N3O5. The second-order valence-corrected chi connectivity index (χ2v) is 9.41. The molecule has 2 unspecified atom stereocenters. The predicted molar refractivity (Wildman–Crippen MR) is 122 cm³/mol. The Morgan fingerprint density at radius 2 is 1.91 bits per heavy atom. The van der Waals surface area contributed by atoms with Gasteiger partial charge in [0.05, 0.1) is 0 Å². The number of ether oxygens (including phenoxy) is 1. The number of imide groups is 1. The molecule has 2 aromatic rings. The van der Waals surface area contributed by atoms with E-state index in [1.54, 1.807) is 17.0 Å². The third-order valence-electron chi connectivity index (χ3n) is 7.25. The van der Waals surface area contributed by atoms with Crippen molar-refractivity contribution in [1.82, 2.24) is 9.80 Å². The van der Waals surface area contributed by atoms with Crippen LogP contribution in [0.3, 0.4) is 0 Å². The number of benzene rings is 2. The molecule has 2 atom stereocenters. The van der Waals surface area contributed by atoms with Crippen molar-refractivity contribution >= 4 is 23.8 Å². The van der Waals surface area contributed by atoms with Gasteiger partial charge in [-0.3, -0.25) is 14.4 Å². The maximum Gasteiger partial charge on any atom is 0.418 e. The molecule has 3 aliphatic rings. The standard InChI is InChI=1S/C26H27N3O5/c1-16(18-7-8-18)28(14-17-5-3-2-4-6-17)22(30)15-29-24(32)26(34-25(29)33)12-11-19-13-20(23(27)31)9-10-21(19)26/h2-6,9-10,13,16,18H,7-8,11-12,14-15H2,1H3,(H2,27,31). The van der Waals surface area contributed by atoms with Crippen LogP contribution in [0.2, 0.25) is 0 Å². The fourth-order valence-corrected chi connectivity index (χ4v) is 5.10. The van der Waals surface area contributed by atoms with Crippen LogP contribution < -0.4 is 5.73 Å². The van der Waals surface area contributed by atoms with Gasteiger partial charge in [0.25, 0.3) is 5.91 Å². The molecule has 2 N–H and O–H groups in total. The molecule has 2 fully saturated rings. The van der Waals surface area contributed by atoms with Crippen LogP contribution in [0.15, 0.2) is 48.5 Å². The Labute approximate surface area is 197 Å². The SMILES string of the molecule is CC(C1CC1)N(Cc1ccccc1)C(=O)CN1C(=O)OC2(CCc3cc(C(N)=O)ccc32)C1=O. The van der Waals surface area contributed by atoms with Gasteiger partial charge in [0.1, 0.15) is 6.54 Å². The highest BCUT2D eigenvalue weighted by atomic mass is 16.6. The zero-order valence-electron chi connectivity index (χ0n) is 19.0. The van der Waals surface area contributed by atoms with Gasteiger partial charge in [-0.25, -0.2) is 9.69 Å². The highest BCUT2D eigenvalue weighted by molar-refractivity contribution is 6.06. The van der Waals surface area contributed by atoms with E-state index in [2.05, 4.69) is 0 Å². The third-order valence-corrected chi connectivity index (χ3v) is 7.25. The lowest BCUT2D eigenvalue weighted by Crippen LogP contribution is -2.47. The van der Waals surface area contributed by atoms with Crippen molar-refractivity contribution in [2.24, 2.45) is 11.7 Å². The summed E-state index contributed by atoms with van der Waals surface area (Å²) in [6.07, 6.45) is 2.06. The molecule has 0 radical (unpaired) electrons. The van der Waals surface area contributed by atoms with E-state index in [0.29, 0.717) is 30.0 Å². The highest BCUT2D eigenvalue weighted by Gasteiger charge is 2.58. The van der Waals surface area contributed by atoms with E-state index in [1.807, 2.05) is 37.3 Å². The average molecular weight is 462 g/mol. The summed E-state index contributed by atoms with van der Waals surface area (Å²) in [6.45, 7) is 2.07. The van der Waals surface area contributed by atoms with Gasteiger partial charge in [-0.05, 0) is 55.4 Å². The molecule has 0 bridgehead atoms. The molecule has 1 saturated heterocycles. The lowest BCUT2D eigenvalue weighted by molar-refractivity contribution is -0.143. The molecule has 1 spiro atoms. The van der Waals surface area contributed by atoms with Gasteiger partial charge in [0.2, 0.25) is 17.4 Å². The second-order valence-electron chi connectivity index (χ2n) is 9.41. The fourth-order valence-electron chi connectivity index (χ4n) is 5.10. The van der Waals surface area contributed by atoms with Gasteiger partial charge >= 0.3 is 6.09 Å². The van der Waals surface area contributed by atoms with Gasteiger partial charge in [-0.1, -0.05) is 36.4 Å². The summed E-state index contributed by atoms with van der Waals surface area (Å²) in [5.74, 6) is -0.946. The molecule has 8 heteroatoms. The Balaban J connectivity index is 1.37. The van der Waals surface area contributed by atoms with Crippen LogP contribution in [0.25, 0.3) is 0 Å². The second kappa shape index (κ2) is 8.27. The molecule has 1 heterocycles. The largest absolute Gasteiger partial charge is 0.427 e. The molecule has 1 saturated carbocycles. The lowest BCUT2D eigenvalue weighted by Gasteiger charge is -2.30. The number of hydrogen-bond donors (Lipinski definition) is 1. The Hall–Kier alpha value is -3.68. The first kappa shape index (κ1) is 22.1. The number of nitrogens with zero attached hydrogens (tertiary/aromatic N) is 2. The van der Waals surface area contributed by atoms with Crippen molar-refractivity contribution in [2.75, 3.05) is 6.54 Å². The van der Waals surface area contributed by atoms with Crippen LogP contribution in [0, 0.1) is 5.92 Å². The molecule has 0 aromatic heterocycles. The molecule has 8 nitrogen and oxygen atoms in total. The van der Waals surface area contributed by atoms with Crippen molar-refractivity contribution < 1.29 is 23.9 Å². The van der Waals surface area contributed by atoms with E-state index in [-0.39, 0.29) is 24.9 Å². The van der Waals surface area contributed by atoms with E-state index in [4.69, 9.17) is 10.5 Å². The van der Waals surface area contributed by atoms with Crippen molar-refractivity contribution in [3.05, 3.63) is 70.8 Å². The number of hydrogen-bond acceptors (Lipinski definition) is 5. The maximum absolute atomic E-state index is 13.5. The average Bonchev–Trinajstić information content (AvgIpc) is 3.58. The number of fused-ring (bicyclic) bond motifs is 2. The number of aryl methyl sites for hydroxylation is 1. The molecule has 1 aliphatic heterocycles. The Morgan fingerprint density at radius 3 is 2.59 bits per heavy atom. The van der Waals surface area contributed by atoms with Gasteiger partial charge in [0.15, 0.2) is 0 Å². The minimum atomic E-state index is -1.45. The van der Waals surface area contributed by atoms with E-state index >= 15 is 0 Å². The van der Waals surface area contributed by atoms with E-state index in [0.717, 1.165) is 28.9 Å². The monoisotopic (exact) mass is 461 g/mol. The summed E-state index contributed by atoms with van der Waals surface area (Å²) in [5, 5.41) is 0. The first-order valence-electron chi connectivity index (χ1n) is 11.6. The topological polar surface area (TPSA) is 110 Å². The summed E-state index contributed by atoms with van der Waals surface area (Å²) in [6, 6.07) is 14.5. The first-order chi connectivity index (χ1) is 16.3. The minimum absolute atomic E-state index is 0.00909. The zero-order valence-corrected chi connectivity index (χ0v) is 19.0. The molecule has 2 aliphatic carbocycles. The third kappa shape index (κ3) is 3.73. The zero-order chi connectivity index (χ0) is 24.0. The number of primary amides is 1. The molecular weight excluding hydrogens is 434 g/mol. The van der Waals surface area contributed by atoms with Gasteiger partial charge in [-0.15, -0.1) is 0 Å². The van der Waals surface area contributed by atoms with Crippen molar-refractivity contribution in [3.63, 3.8) is 0 Å². The summed E-state index contributed by atoms with van der Waals surface area (Å²) >= 11 is 0. The minimum Gasteiger partial charge on any atom is -0.427 e. The van der Waals surface area contributed by atoms with Crippen LogP contribution in [-0.4, -0.2) is 46.2 Å². The Bertz CT molecular complexity index is 1180. The number of amides is 4. The number of nitrogens with two attached hydrogens (primary N) is 1. The molecule has 2 aromatic carbocycles. The Morgan fingerprint density at radius 1 is 1.18 bits per heavy atom. The van der Waals surface area contributed by atoms with Crippen LogP contribution in [-0.2, 0) is 32.9 Å². The Kier molecular flexibility index (Phi) is 5.38. The number of carbonyl (C=O) groups is 4. The van der Waals surface area contributed by atoms with Crippen LogP contribution >= 0.6 is 0 Å². The quantitative estimate of drug-likeness (QED) is 0.682. The van der Waals surface area contributed by atoms with Crippen molar-refractivity contribution in [2.45, 2.75) is 50.8 Å². The van der Waals surface area contributed by atoms with Gasteiger partial charge < -0.3 is 15.4 Å². The van der Waals surface area contributed by atoms with Crippen LogP contribution in [0.4, 0.5) is 4.79 Å². The summed E-state index contributed by atoms with van der Waals surface area (Å²) in [7, 11) is 0. The summed E-state index contributed by atoms with van der Waals surface area (Å²) in [5.41, 5.74) is 6.55. The fraction of sp³-hybridized carbons (Fsp3) is 0.385. The number of rotatable bonds is 7. The predicted octanol–water partition coefficient (Wildman–Crippen LogP) is 2.73. The smallest absolute Gasteiger partial charge is 0.418 e. The van der Waals surface area contributed by atoms with E-state index < -0.39 is 23.5 Å². The summed E-state index contributed by atoms with van der Waals surface area (Å²) < 4.78 is 5.63. The molecule has 34 heavy (non-hydrogen) atoms. The van der Waals surface area contributed by atoms with E-state index in [9.17, 15) is 19.2 Å². The first-order valence-corrected chi connectivity index (χ1v) is 11.6. The molecule has 4 amide bonds.